The Labute approximate surface area is 141 Å². The third-order valence-corrected chi connectivity index (χ3v) is 5.69. The number of carbonyl (C=O) groups excluding carboxylic acids is 1. The quantitative estimate of drug-likeness (QED) is 0.863. The standard InChI is InChI=1S/C15H19NO5S.ClH/c1-2-9-22(20,21)13-5-3-11(4-6-13)14(17)16-8-7-12(10-16)15(18)19;/h3-6,12H,2,7-10H2,1H3,(H,18,19);1H. The summed E-state index contributed by atoms with van der Waals surface area (Å²) in [6, 6.07) is 5.84. The van der Waals surface area contributed by atoms with Crippen LogP contribution in [-0.2, 0) is 14.6 Å². The molecule has 0 aromatic heterocycles. The topological polar surface area (TPSA) is 91.8 Å². The summed E-state index contributed by atoms with van der Waals surface area (Å²) in [5.41, 5.74) is 0.376. The summed E-state index contributed by atoms with van der Waals surface area (Å²) in [4.78, 5) is 24.9. The van der Waals surface area contributed by atoms with Gasteiger partial charge in [0.1, 0.15) is 0 Å². The second-order valence-electron chi connectivity index (χ2n) is 5.42. The molecule has 6 nitrogen and oxygen atoms in total. The van der Waals surface area contributed by atoms with Gasteiger partial charge in [0, 0.05) is 18.7 Å². The minimum absolute atomic E-state index is 0. The van der Waals surface area contributed by atoms with Crippen molar-refractivity contribution in [1.82, 2.24) is 4.90 Å². The Morgan fingerprint density at radius 3 is 2.35 bits per heavy atom. The second kappa shape index (κ2) is 7.79. The Balaban J connectivity index is 0.00000264. The maximum Gasteiger partial charge on any atom is 0.308 e. The number of carboxylic acids is 1. The number of hydrogen-bond donors (Lipinski definition) is 1. The highest BCUT2D eigenvalue weighted by Gasteiger charge is 2.31. The molecule has 23 heavy (non-hydrogen) atoms. The molecule has 0 spiro atoms. The maximum absolute atomic E-state index is 12.3. The lowest BCUT2D eigenvalue weighted by Crippen LogP contribution is -2.29. The van der Waals surface area contributed by atoms with Crippen molar-refractivity contribution in [2.75, 3.05) is 18.8 Å². The van der Waals surface area contributed by atoms with E-state index in [9.17, 15) is 18.0 Å². The molecule has 1 aromatic carbocycles. The number of nitrogens with zero attached hydrogens (tertiary/aromatic N) is 1. The van der Waals surface area contributed by atoms with Gasteiger partial charge in [0.05, 0.1) is 16.6 Å². The van der Waals surface area contributed by atoms with E-state index in [0.717, 1.165) is 0 Å². The van der Waals surface area contributed by atoms with Gasteiger partial charge in [-0.1, -0.05) is 6.92 Å². The van der Waals surface area contributed by atoms with E-state index in [1.165, 1.54) is 29.2 Å². The maximum atomic E-state index is 12.3. The molecule has 1 heterocycles. The molecule has 0 saturated carbocycles. The molecule has 1 saturated heterocycles. The van der Waals surface area contributed by atoms with Gasteiger partial charge in [0.2, 0.25) is 0 Å². The Morgan fingerprint density at radius 1 is 1.26 bits per heavy atom. The fraction of sp³-hybridized carbons (Fsp3) is 0.467. The fourth-order valence-corrected chi connectivity index (χ4v) is 3.84. The largest absolute Gasteiger partial charge is 0.481 e. The van der Waals surface area contributed by atoms with Crippen molar-refractivity contribution in [2.24, 2.45) is 5.92 Å². The first kappa shape index (κ1) is 19.4. The molecule has 1 atom stereocenters. The zero-order chi connectivity index (χ0) is 16.3. The number of halogens is 1. The Bertz CT molecular complexity index is 672. The van der Waals surface area contributed by atoms with Crippen molar-refractivity contribution >= 4 is 34.1 Å². The molecular weight excluding hydrogens is 342 g/mol. The van der Waals surface area contributed by atoms with E-state index < -0.39 is 21.7 Å². The highest BCUT2D eigenvalue weighted by molar-refractivity contribution is 7.91. The highest BCUT2D eigenvalue weighted by Crippen LogP contribution is 2.20. The van der Waals surface area contributed by atoms with Crippen LogP contribution in [0.4, 0.5) is 0 Å². The molecule has 1 unspecified atom stereocenters. The summed E-state index contributed by atoms with van der Waals surface area (Å²) in [6.45, 7) is 2.40. The minimum Gasteiger partial charge on any atom is -0.481 e. The van der Waals surface area contributed by atoms with E-state index >= 15 is 0 Å². The first-order chi connectivity index (χ1) is 10.3. The van der Waals surface area contributed by atoms with Crippen molar-refractivity contribution in [3.05, 3.63) is 29.8 Å². The lowest BCUT2D eigenvalue weighted by Gasteiger charge is -2.16. The molecule has 128 valence electrons. The summed E-state index contributed by atoms with van der Waals surface area (Å²) in [6.07, 6.45) is 0.984. The number of rotatable bonds is 5. The number of carbonyl (C=O) groups is 2. The Morgan fingerprint density at radius 2 is 1.87 bits per heavy atom. The summed E-state index contributed by atoms with van der Waals surface area (Å²) >= 11 is 0. The predicted octanol–water partition coefficient (Wildman–Crippen LogP) is 1.84. The van der Waals surface area contributed by atoms with Crippen molar-refractivity contribution in [3.8, 4) is 0 Å². The predicted molar refractivity (Wildman–Crippen MR) is 87.7 cm³/mol. The molecule has 0 radical (unpaired) electrons. The average molecular weight is 362 g/mol. The molecule has 8 heteroatoms. The molecule has 0 aliphatic carbocycles. The van der Waals surface area contributed by atoms with E-state index in [1.54, 1.807) is 6.92 Å². The molecule has 1 aliphatic heterocycles. The van der Waals surface area contributed by atoms with Crippen LogP contribution in [0.2, 0.25) is 0 Å². The smallest absolute Gasteiger partial charge is 0.308 e. The number of likely N-dealkylation sites (tertiary alicyclic amines) is 1. The number of carboxylic acid groups (broad SMARTS) is 1. The van der Waals surface area contributed by atoms with Crippen molar-refractivity contribution in [2.45, 2.75) is 24.7 Å². The first-order valence-corrected chi connectivity index (χ1v) is 8.85. The number of amides is 1. The lowest BCUT2D eigenvalue weighted by atomic mass is 10.1. The molecule has 1 amide bonds. The van der Waals surface area contributed by atoms with Crippen LogP contribution in [0.3, 0.4) is 0 Å². The third kappa shape index (κ3) is 4.45. The molecule has 1 fully saturated rings. The summed E-state index contributed by atoms with van der Waals surface area (Å²) < 4.78 is 23.9. The number of hydrogen-bond acceptors (Lipinski definition) is 4. The van der Waals surface area contributed by atoms with Gasteiger partial charge in [-0.3, -0.25) is 9.59 Å². The van der Waals surface area contributed by atoms with E-state index in [1.807, 2.05) is 0 Å². The first-order valence-electron chi connectivity index (χ1n) is 7.20. The van der Waals surface area contributed by atoms with Crippen LogP contribution in [0.1, 0.15) is 30.1 Å². The van der Waals surface area contributed by atoms with E-state index in [-0.39, 0.29) is 35.5 Å². The number of benzene rings is 1. The molecule has 1 N–H and O–H groups in total. The lowest BCUT2D eigenvalue weighted by molar-refractivity contribution is -0.141. The second-order valence-corrected chi connectivity index (χ2v) is 7.53. The van der Waals surface area contributed by atoms with Crippen molar-refractivity contribution < 1.29 is 23.1 Å². The average Bonchev–Trinajstić information content (AvgIpc) is 2.96. The van der Waals surface area contributed by atoms with E-state index in [2.05, 4.69) is 0 Å². The minimum atomic E-state index is -3.29. The highest BCUT2D eigenvalue weighted by atomic mass is 35.5. The van der Waals surface area contributed by atoms with Gasteiger partial charge in [-0.2, -0.15) is 0 Å². The van der Waals surface area contributed by atoms with Gasteiger partial charge < -0.3 is 10.0 Å². The zero-order valence-corrected chi connectivity index (χ0v) is 14.4. The number of aliphatic carboxylic acids is 1. The van der Waals surface area contributed by atoms with Crippen molar-refractivity contribution in [3.63, 3.8) is 0 Å². The van der Waals surface area contributed by atoms with Gasteiger partial charge in [0.15, 0.2) is 9.84 Å². The normalized spacial score (nSPS) is 17.6. The number of sulfone groups is 1. The molecule has 2 rings (SSSR count). The van der Waals surface area contributed by atoms with Gasteiger partial charge in [-0.05, 0) is 37.1 Å². The molecule has 0 bridgehead atoms. The van der Waals surface area contributed by atoms with Crippen LogP contribution < -0.4 is 0 Å². The van der Waals surface area contributed by atoms with Crippen LogP contribution in [0, 0.1) is 5.92 Å². The third-order valence-electron chi connectivity index (χ3n) is 3.76. The van der Waals surface area contributed by atoms with Crippen LogP contribution in [0.15, 0.2) is 29.2 Å². The van der Waals surface area contributed by atoms with Crippen LogP contribution in [0.5, 0.6) is 0 Å². The van der Waals surface area contributed by atoms with Gasteiger partial charge >= 0.3 is 5.97 Å². The molecular formula is C15H20ClNO5S. The van der Waals surface area contributed by atoms with E-state index in [4.69, 9.17) is 5.11 Å². The Kier molecular flexibility index (Phi) is 6.58. The zero-order valence-electron chi connectivity index (χ0n) is 12.8. The van der Waals surface area contributed by atoms with Crippen molar-refractivity contribution in [1.29, 1.82) is 0 Å². The fourth-order valence-electron chi connectivity index (χ4n) is 2.52. The van der Waals surface area contributed by atoms with Crippen LogP contribution >= 0.6 is 12.4 Å². The van der Waals surface area contributed by atoms with Crippen LogP contribution in [0.25, 0.3) is 0 Å². The Hall–Kier alpha value is -1.60. The summed E-state index contributed by atoms with van der Waals surface area (Å²) in [5.74, 6) is -1.60. The summed E-state index contributed by atoms with van der Waals surface area (Å²) in [7, 11) is -3.29. The van der Waals surface area contributed by atoms with Gasteiger partial charge in [0.25, 0.3) is 5.91 Å². The monoisotopic (exact) mass is 361 g/mol. The van der Waals surface area contributed by atoms with Gasteiger partial charge in [-0.25, -0.2) is 8.42 Å². The molecule has 1 aliphatic rings. The van der Waals surface area contributed by atoms with Crippen LogP contribution in [-0.4, -0.2) is 49.1 Å². The SMILES string of the molecule is CCCS(=O)(=O)c1ccc(C(=O)N2CCC(C(=O)O)C2)cc1.Cl. The molecule has 1 aromatic rings. The van der Waals surface area contributed by atoms with E-state index in [0.29, 0.717) is 24.9 Å². The van der Waals surface area contributed by atoms with Gasteiger partial charge in [-0.15, -0.1) is 12.4 Å². The summed E-state index contributed by atoms with van der Waals surface area (Å²) in [5, 5.41) is 8.96.